The van der Waals surface area contributed by atoms with Gasteiger partial charge in [0.2, 0.25) is 5.91 Å². The zero-order chi connectivity index (χ0) is 17.4. The Hall–Kier alpha value is -1.36. The second kappa shape index (κ2) is 6.75. The second-order valence-electron chi connectivity index (χ2n) is 8.55. The first kappa shape index (κ1) is 17.1. The first-order valence-electron chi connectivity index (χ1n) is 9.65. The predicted octanol–water partition coefficient (Wildman–Crippen LogP) is 3.59. The van der Waals surface area contributed by atoms with E-state index in [1.165, 1.54) is 49.9 Å². The van der Waals surface area contributed by atoms with Crippen LogP contribution in [-0.4, -0.2) is 24.4 Å². The van der Waals surface area contributed by atoms with Crippen molar-refractivity contribution in [2.45, 2.75) is 57.9 Å². The first-order valence-corrected chi connectivity index (χ1v) is 10.5. The lowest BCUT2D eigenvalue weighted by Crippen LogP contribution is -2.56. The van der Waals surface area contributed by atoms with E-state index >= 15 is 0 Å². The zero-order valence-electron chi connectivity index (χ0n) is 14.9. The summed E-state index contributed by atoms with van der Waals surface area (Å²) in [7, 11) is 0. The number of rotatable bonds is 6. The molecule has 0 spiro atoms. The molecule has 1 heterocycles. The van der Waals surface area contributed by atoms with E-state index in [0.717, 1.165) is 17.8 Å². The topological polar surface area (TPSA) is 58.2 Å². The lowest BCUT2D eigenvalue weighted by Gasteiger charge is -2.59. The average molecular weight is 361 g/mol. The molecule has 1 aromatic rings. The molecule has 0 aromatic carbocycles. The Labute approximate surface area is 153 Å². The molecule has 4 aliphatic carbocycles. The third-order valence-corrected chi connectivity index (χ3v) is 7.63. The molecule has 2 amide bonds. The van der Waals surface area contributed by atoms with Gasteiger partial charge in [0.15, 0.2) is 0 Å². The molecule has 4 fully saturated rings. The Morgan fingerprint density at radius 2 is 1.84 bits per heavy atom. The molecular formula is C20H28N2O2S. The van der Waals surface area contributed by atoms with Crippen molar-refractivity contribution >= 4 is 23.2 Å². The molecule has 2 N–H and O–H groups in total. The summed E-state index contributed by atoms with van der Waals surface area (Å²) in [5.41, 5.74) is 0.338. The van der Waals surface area contributed by atoms with E-state index in [4.69, 9.17) is 0 Å². The van der Waals surface area contributed by atoms with Crippen LogP contribution in [0, 0.1) is 23.2 Å². The molecule has 136 valence electrons. The van der Waals surface area contributed by atoms with Crippen LogP contribution in [0.5, 0.6) is 0 Å². The summed E-state index contributed by atoms with van der Waals surface area (Å²) < 4.78 is 0. The minimum absolute atomic E-state index is 0.0646. The van der Waals surface area contributed by atoms with Gasteiger partial charge in [-0.15, -0.1) is 11.3 Å². The van der Waals surface area contributed by atoms with E-state index in [0.29, 0.717) is 23.3 Å². The molecule has 1 unspecified atom stereocenters. The highest BCUT2D eigenvalue weighted by Gasteiger charge is 2.53. The van der Waals surface area contributed by atoms with Crippen LogP contribution in [0.15, 0.2) is 17.5 Å². The smallest absolute Gasteiger partial charge is 0.261 e. The van der Waals surface area contributed by atoms with Crippen molar-refractivity contribution in [2.24, 2.45) is 23.2 Å². The number of nitrogens with one attached hydrogen (secondary N) is 2. The van der Waals surface area contributed by atoms with Crippen molar-refractivity contribution in [3.05, 3.63) is 22.4 Å². The average Bonchev–Trinajstić information content (AvgIpc) is 3.08. The third-order valence-electron chi connectivity index (χ3n) is 6.76. The molecule has 5 heteroatoms. The minimum atomic E-state index is -0.0862. The summed E-state index contributed by atoms with van der Waals surface area (Å²) >= 11 is 1.42. The Kier molecular flexibility index (Phi) is 4.61. The number of carbonyl (C=O) groups excluding carboxylic acids is 2. The molecule has 1 atom stereocenters. The van der Waals surface area contributed by atoms with E-state index in [1.54, 1.807) is 6.07 Å². The molecule has 1 aromatic heterocycles. The SMILES string of the molecule is CC(NC(=O)CCNC(=O)c1cccs1)C12CC3CC(CC(C3)C1)C2. The molecule has 0 radical (unpaired) electrons. The standard InChI is InChI=1S/C20H28N2O2S/c1-13(20-10-14-7-15(11-20)9-16(8-14)12-20)22-18(23)4-5-21-19(24)17-3-2-6-25-17/h2-3,6,13-16H,4-5,7-12H2,1H3,(H,21,24)(H,22,23). The molecule has 0 saturated heterocycles. The fraction of sp³-hybridized carbons (Fsp3) is 0.700. The number of hydrogen-bond donors (Lipinski definition) is 2. The van der Waals surface area contributed by atoms with Gasteiger partial charge in [0, 0.05) is 19.0 Å². The van der Waals surface area contributed by atoms with E-state index in [1.807, 2.05) is 11.4 Å². The lowest BCUT2D eigenvalue weighted by atomic mass is 9.48. The van der Waals surface area contributed by atoms with Crippen LogP contribution in [0.2, 0.25) is 0 Å². The van der Waals surface area contributed by atoms with Gasteiger partial charge in [0.1, 0.15) is 0 Å². The molecule has 4 saturated carbocycles. The van der Waals surface area contributed by atoms with Crippen LogP contribution in [-0.2, 0) is 4.79 Å². The zero-order valence-corrected chi connectivity index (χ0v) is 15.7. The fourth-order valence-electron chi connectivity index (χ4n) is 5.96. The number of hydrogen-bond acceptors (Lipinski definition) is 3. The fourth-order valence-corrected chi connectivity index (χ4v) is 6.60. The Morgan fingerprint density at radius 3 is 2.40 bits per heavy atom. The number of carbonyl (C=O) groups is 2. The van der Waals surface area contributed by atoms with Crippen LogP contribution in [0.1, 0.15) is 61.5 Å². The number of thiophene rings is 1. The van der Waals surface area contributed by atoms with Crippen LogP contribution in [0.25, 0.3) is 0 Å². The lowest BCUT2D eigenvalue weighted by molar-refractivity contribution is -0.125. The molecule has 0 aliphatic heterocycles. The van der Waals surface area contributed by atoms with Crippen LogP contribution in [0.3, 0.4) is 0 Å². The van der Waals surface area contributed by atoms with Crippen molar-refractivity contribution in [1.29, 1.82) is 0 Å². The molecule has 4 aliphatic rings. The molecule has 5 rings (SSSR count). The van der Waals surface area contributed by atoms with E-state index in [-0.39, 0.29) is 17.9 Å². The van der Waals surface area contributed by atoms with E-state index in [2.05, 4.69) is 17.6 Å². The van der Waals surface area contributed by atoms with Gasteiger partial charge in [0.25, 0.3) is 5.91 Å². The Bertz CT molecular complexity index is 605. The summed E-state index contributed by atoms with van der Waals surface area (Å²) in [5, 5.41) is 7.98. The van der Waals surface area contributed by atoms with Gasteiger partial charge >= 0.3 is 0 Å². The summed E-state index contributed by atoms with van der Waals surface area (Å²) in [4.78, 5) is 25.0. The van der Waals surface area contributed by atoms with Gasteiger partial charge in [0.05, 0.1) is 4.88 Å². The summed E-state index contributed by atoms with van der Waals surface area (Å²) in [6.07, 6.45) is 8.53. The van der Waals surface area contributed by atoms with Crippen molar-refractivity contribution in [2.75, 3.05) is 6.54 Å². The number of amides is 2. The van der Waals surface area contributed by atoms with Gasteiger partial charge in [-0.1, -0.05) is 6.07 Å². The molecule has 25 heavy (non-hydrogen) atoms. The maximum absolute atomic E-state index is 12.4. The highest BCUT2D eigenvalue weighted by Crippen LogP contribution is 2.61. The van der Waals surface area contributed by atoms with E-state index < -0.39 is 0 Å². The van der Waals surface area contributed by atoms with Gasteiger partial charge in [-0.05, 0) is 80.1 Å². The van der Waals surface area contributed by atoms with Gasteiger partial charge in [-0.2, -0.15) is 0 Å². The summed E-state index contributed by atoms with van der Waals surface area (Å²) in [6.45, 7) is 2.60. The highest BCUT2D eigenvalue weighted by molar-refractivity contribution is 7.12. The maximum atomic E-state index is 12.4. The Balaban J connectivity index is 1.26. The summed E-state index contributed by atoms with van der Waals surface area (Å²) in [6, 6.07) is 3.91. The second-order valence-corrected chi connectivity index (χ2v) is 9.50. The molecule has 4 bridgehead atoms. The van der Waals surface area contributed by atoms with Gasteiger partial charge in [-0.3, -0.25) is 9.59 Å². The Morgan fingerprint density at radius 1 is 1.20 bits per heavy atom. The van der Waals surface area contributed by atoms with Crippen molar-refractivity contribution < 1.29 is 9.59 Å². The van der Waals surface area contributed by atoms with Crippen LogP contribution >= 0.6 is 11.3 Å². The molecular weight excluding hydrogens is 332 g/mol. The summed E-state index contributed by atoms with van der Waals surface area (Å²) in [5.74, 6) is 2.67. The minimum Gasteiger partial charge on any atom is -0.353 e. The van der Waals surface area contributed by atoms with Crippen molar-refractivity contribution in [3.8, 4) is 0 Å². The van der Waals surface area contributed by atoms with Crippen LogP contribution < -0.4 is 10.6 Å². The van der Waals surface area contributed by atoms with Gasteiger partial charge in [-0.25, -0.2) is 0 Å². The normalized spacial score (nSPS) is 33.9. The van der Waals surface area contributed by atoms with Crippen molar-refractivity contribution in [1.82, 2.24) is 10.6 Å². The van der Waals surface area contributed by atoms with Crippen LogP contribution in [0.4, 0.5) is 0 Å². The first-order chi connectivity index (χ1) is 12.0. The highest BCUT2D eigenvalue weighted by atomic mass is 32.1. The monoisotopic (exact) mass is 360 g/mol. The third kappa shape index (κ3) is 3.48. The maximum Gasteiger partial charge on any atom is 0.261 e. The largest absolute Gasteiger partial charge is 0.353 e. The van der Waals surface area contributed by atoms with Crippen molar-refractivity contribution in [3.63, 3.8) is 0 Å². The quantitative estimate of drug-likeness (QED) is 0.814. The molecule has 4 nitrogen and oxygen atoms in total. The predicted molar refractivity (Wildman–Crippen MR) is 99.5 cm³/mol. The van der Waals surface area contributed by atoms with Gasteiger partial charge < -0.3 is 10.6 Å². The van der Waals surface area contributed by atoms with E-state index in [9.17, 15) is 9.59 Å².